The maximum atomic E-state index is 5.15. The second kappa shape index (κ2) is 8.74. The Morgan fingerprint density at radius 1 is 0.714 bits per heavy atom. The Hall–Kier alpha value is -1.08. The van der Waals surface area contributed by atoms with Gasteiger partial charge in [-0.1, -0.05) is 47.6 Å². The van der Waals surface area contributed by atoms with Crippen molar-refractivity contribution in [1.29, 1.82) is 0 Å². The van der Waals surface area contributed by atoms with E-state index in [9.17, 15) is 0 Å². The monoisotopic (exact) mass is 417 g/mol. The van der Waals surface area contributed by atoms with Crippen LogP contribution in [0.4, 0.5) is 0 Å². The van der Waals surface area contributed by atoms with Crippen molar-refractivity contribution >= 4 is 27.9 Å². The van der Waals surface area contributed by atoms with Crippen LogP contribution in [0, 0.1) is 10.8 Å². The molecule has 3 nitrogen and oxygen atoms in total. The molecule has 0 radical (unpaired) electrons. The van der Waals surface area contributed by atoms with Crippen LogP contribution >= 0.6 is 0 Å². The molecular formula is C23H43N3Si2. The Morgan fingerprint density at radius 2 is 1.04 bits per heavy atom. The van der Waals surface area contributed by atoms with E-state index >= 15 is 0 Å². The molecule has 1 aromatic heterocycles. The molecule has 0 bridgehead atoms. The summed E-state index contributed by atoms with van der Waals surface area (Å²) in [5.41, 5.74) is 4.89. The highest BCUT2D eigenvalue weighted by Gasteiger charge is 2.25. The zero-order chi connectivity index (χ0) is 22.0. The number of nitrogens with zero attached hydrogens (tertiary/aromatic N) is 3. The van der Waals surface area contributed by atoms with Crippen LogP contribution in [-0.4, -0.2) is 32.9 Å². The number of hydrogen-bond donors (Lipinski definition) is 0. The van der Waals surface area contributed by atoms with Gasteiger partial charge in [-0.25, -0.2) is 0 Å². The van der Waals surface area contributed by atoms with Crippen molar-refractivity contribution in [1.82, 2.24) is 4.98 Å². The first-order chi connectivity index (χ1) is 12.4. The van der Waals surface area contributed by atoms with E-state index in [-0.39, 0.29) is 10.8 Å². The standard InChI is InChI=1S/C23H43N3Si2/c1-22(2,3)20(25-27(7,8)9)16-18-14-13-15-19(24-18)17-21(23(4,5)6)26-28(10,11)12/h13-15H,16-17H2,1-12H3/b25-20-,26-21-. The topological polar surface area (TPSA) is 37.6 Å². The molecule has 1 heterocycles. The summed E-state index contributed by atoms with van der Waals surface area (Å²) in [6.45, 7) is 27.3. The summed E-state index contributed by atoms with van der Waals surface area (Å²) in [5, 5.41) is 0. The first-order valence-electron chi connectivity index (χ1n) is 10.5. The third kappa shape index (κ3) is 9.42. The summed E-state index contributed by atoms with van der Waals surface area (Å²) in [5.74, 6) is 0. The van der Waals surface area contributed by atoms with E-state index in [2.05, 4.69) is 99.0 Å². The Morgan fingerprint density at radius 3 is 1.29 bits per heavy atom. The minimum Gasteiger partial charge on any atom is -0.329 e. The lowest BCUT2D eigenvalue weighted by Crippen LogP contribution is -2.30. The number of pyridine rings is 1. The average molecular weight is 418 g/mol. The van der Waals surface area contributed by atoms with Crippen LogP contribution in [0.2, 0.25) is 39.3 Å². The number of hydrogen-bond acceptors (Lipinski definition) is 3. The molecule has 0 N–H and O–H groups in total. The van der Waals surface area contributed by atoms with Gasteiger partial charge in [-0.3, -0.25) is 4.98 Å². The van der Waals surface area contributed by atoms with Gasteiger partial charge in [0.2, 0.25) is 0 Å². The maximum absolute atomic E-state index is 5.15. The van der Waals surface area contributed by atoms with Gasteiger partial charge in [0.1, 0.15) is 0 Å². The lowest BCUT2D eigenvalue weighted by molar-refractivity contribution is 0.580. The first kappa shape index (κ1) is 25.0. The van der Waals surface area contributed by atoms with E-state index in [1.807, 2.05) is 0 Å². The minimum atomic E-state index is -1.53. The highest BCUT2D eigenvalue weighted by atomic mass is 28.3. The molecule has 0 saturated heterocycles. The Balaban J connectivity index is 3.21. The van der Waals surface area contributed by atoms with Gasteiger partial charge in [-0.2, -0.15) is 0 Å². The Kier molecular flexibility index (Phi) is 7.79. The molecular weight excluding hydrogens is 374 g/mol. The van der Waals surface area contributed by atoms with Crippen LogP contribution in [0.15, 0.2) is 27.5 Å². The van der Waals surface area contributed by atoms with Crippen molar-refractivity contribution in [2.75, 3.05) is 0 Å². The fraction of sp³-hybridized carbons (Fsp3) is 0.696. The van der Waals surface area contributed by atoms with Crippen molar-refractivity contribution in [3.8, 4) is 0 Å². The molecule has 0 unspecified atom stereocenters. The summed E-state index contributed by atoms with van der Waals surface area (Å²) < 4.78 is 10.3. The Bertz CT molecular complexity index is 663. The van der Waals surface area contributed by atoms with Crippen LogP contribution in [0.5, 0.6) is 0 Å². The van der Waals surface area contributed by atoms with Gasteiger partial charge in [0, 0.05) is 35.7 Å². The molecule has 0 fully saturated rings. The SMILES string of the molecule is CC(C)(C)/C(Cc1cccc(C/C(=N/[Si](C)(C)C)C(C)(C)C)n1)=N\[Si](C)(C)C. The minimum absolute atomic E-state index is 0.0633. The van der Waals surface area contributed by atoms with Crippen LogP contribution in [0.1, 0.15) is 52.9 Å². The van der Waals surface area contributed by atoms with Crippen molar-refractivity contribution in [2.24, 2.45) is 20.1 Å². The maximum Gasteiger partial charge on any atom is 0.172 e. The second-order valence-corrected chi connectivity index (χ2v) is 21.1. The molecule has 0 aliphatic carbocycles. The molecule has 0 atom stereocenters. The molecule has 158 valence electrons. The molecule has 1 aromatic rings. The lowest BCUT2D eigenvalue weighted by Gasteiger charge is -2.26. The van der Waals surface area contributed by atoms with Gasteiger partial charge in [0.15, 0.2) is 16.5 Å². The molecule has 28 heavy (non-hydrogen) atoms. The fourth-order valence-electron chi connectivity index (χ4n) is 2.82. The smallest absolute Gasteiger partial charge is 0.172 e. The number of aromatic nitrogens is 1. The van der Waals surface area contributed by atoms with Gasteiger partial charge in [0.25, 0.3) is 0 Å². The van der Waals surface area contributed by atoms with Gasteiger partial charge in [0.05, 0.1) is 0 Å². The van der Waals surface area contributed by atoms with E-state index in [0.29, 0.717) is 0 Å². The van der Waals surface area contributed by atoms with E-state index in [0.717, 1.165) is 24.2 Å². The van der Waals surface area contributed by atoms with E-state index < -0.39 is 16.5 Å². The van der Waals surface area contributed by atoms with Gasteiger partial charge in [-0.15, -0.1) is 0 Å². The third-order valence-electron chi connectivity index (χ3n) is 4.23. The van der Waals surface area contributed by atoms with Gasteiger partial charge >= 0.3 is 0 Å². The largest absolute Gasteiger partial charge is 0.329 e. The summed E-state index contributed by atoms with van der Waals surface area (Å²) in [4.78, 5) is 5.01. The summed E-state index contributed by atoms with van der Waals surface area (Å²) in [6.07, 6.45) is 1.66. The normalized spacial score (nSPS) is 15.1. The molecule has 0 aliphatic heterocycles. The summed E-state index contributed by atoms with van der Waals surface area (Å²) >= 11 is 0. The first-order valence-corrected chi connectivity index (χ1v) is 17.4. The Labute approximate surface area is 176 Å². The van der Waals surface area contributed by atoms with Crippen molar-refractivity contribution in [2.45, 2.75) is 93.7 Å². The van der Waals surface area contributed by atoms with Crippen LogP contribution in [-0.2, 0) is 12.8 Å². The average Bonchev–Trinajstić information content (AvgIpc) is 2.41. The molecule has 0 aliphatic rings. The van der Waals surface area contributed by atoms with E-state index in [1.54, 1.807) is 0 Å². The summed E-state index contributed by atoms with van der Waals surface area (Å²) in [6, 6.07) is 6.42. The zero-order valence-corrected chi connectivity index (χ0v) is 22.5. The molecule has 0 amide bonds. The van der Waals surface area contributed by atoms with Crippen molar-refractivity contribution in [3.63, 3.8) is 0 Å². The predicted molar refractivity (Wildman–Crippen MR) is 132 cm³/mol. The van der Waals surface area contributed by atoms with Crippen molar-refractivity contribution in [3.05, 3.63) is 29.6 Å². The molecule has 5 heteroatoms. The van der Waals surface area contributed by atoms with Crippen LogP contribution < -0.4 is 0 Å². The predicted octanol–water partition coefficient (Wildman–Crippen LogP) is 6.81. The van der Waals surface area contributed by atoms with Crippen LogP contribution in [0.25, 0.3) is 0 Å². The molecule has 0 spiro atoms. The molecule has 0 saturated carbocycles. The fourth-order valence-corrected chi connectivity index (χ4v) is 5.27. The third-order valence-corrected chi connectivity index (χ3v) is 6.12. The van der Waals surface area contributed by atoms with E-state index in [1.165, 1.54) is 11.4 Å². The number of rotatable bonds is 6. The quantitative estimate of drug-likeness (QED) is 0.370. The second-order valence-electron chi connectivity index (χ2n) is 11.9. The van der Waals surface area contributed by atoms with Crippen LogP contribution in [0.3, 0.4) is 0 Å². The lowest BCUT2D eigenvalue weighted by atomic mass is 9.86. The highest BCUT2D eigenvalue weighted by molar-refractivity contribution is 6.76. The van der Waals surface area contributed by atoms with Gasteiger partial charge < -0.3 is 9.32 Å². The van der Waals surface area contributed by atoms with Crippen molar-refractivity contribution < 1.29 is 0 Å². The zero-order valence-electron chi connectivity index (χ0n) is 20.5. The molecule has 0 aromatic carbocycles. The summed E-state index contributed by atoms with van der Waals surface area (Å²) in [7, 11) is -3.06. The molecule has 1 rings (SSSR count). The van der Waals surface area contributed by atoms with E-state index in [4.69, 9.17) is 14.3 Å². The van der Waals surface area contributed by atoms with Gasteiger partial charge in [-0.05, 0) is 62.2 Å². The highest BCUT2D eigenvalue weighted by Crippen LogP contribution is 2.24.